The van der Waals surface area contributed by atoms with Crippen LogP contribution in [0.5, 0.6) is 0 Å². The molecule has 0 fully saturated rings. The molecule has 3 N–H and O–H groups in total. The Bertz CT molecular complexity index is 549. The van der Waals surface area contributed by atoms with Crippen LogP contribution in [0.25, 0.3) is 0 Å². The minimum absolute atomic E-state index is 0.0183. The second kappa shape index (κ2) is 6.18. The number of nitrogens with zero attached hydrogens (tertiary/aromatic N) is 1. The van der Waals surface area contributed by atoms with Crippen molar-refractivity contribution in [2.24, 2.45) is 16.2 Å². The smallest absolute Gasteiger partial charge is 0.238 e. The summed E-state index contributed by atoms with van der Waals surface area (Å²) in [5, 5.41) is 9.31. The summed E-state index contributed by atoms with van der Waals surface area (Å²) in [6, 6.07) is 2.74. The van der Waals surface area contributed by atoms with Gasteiger partial charge in [-0.25, -0.2) is 13.6 Å². The summed E-state index contributed by atoms with van der Waals surface area (Å²) in [7, 11) is -3.75. The molecule has 0 aliphatic rings. The molecule has 1 aromatic carbocycles. The van der Waals surface area contributed by atoms with Gasteiger partial charge in [-0.2, -0.15) is 5.10 Å². The van der Waals surface area contributed by atoms with E-state index >= 15 is 0 Å². The standard InChI is InChI=1S/C10H13ClIN3O2S/c1-6(2)5-14-15-10-8(11)3-7(4-9(10)12)18(13,16)17/h3-6,15H,1-2H3,(H2,13,16,17)/b14-5+. The van der Waals surface area contributed by atoms with Crippen molar-refractivity contribution in [1.82, 2.24) is 0 Å². The zero-order chi connectivity index (χ0) is 13.9. The van der Waals surface area contributed by atoms with E-state index in [0.29, 0.717) is 15.2 Å². The van der Waals surface area contributed by atoms with Crippen LogP contribution < -0.4 is 10.6 Å². The molecule has 8 heteroatoms. The van der Waals surface area contributed by atoms with Gasteiger partial charge >= 0.3 is 0 Å². The van der Waals surface area contributed by atoms with Crippen molar-refractivity contribution >= 4 is 56.1 Å². The Morgan fingerprint density at radius 1 is 1.50 bits per heavy atom. The number of benzene rings is 1. The summed E-state index contributed by atoms with van der Waals surface area (Å²) < 4.78 is 23.1. The van der Waals surface area contributed by atoms with Crippen LogP contribution in [0.3, 0.4) is 0 Å². The van der Waals surface area contributed by atoms with Crippen molar-refractivity contribution in [3.05, 3.63) is 20.7 Å². The van der Waals surface area contributed by atoms with Gasteiger partial charge in [0, 0.05) is 9.78 Å². The zero-order valence-corrected chi connectivity index (χ0v) is 13.5. The van der Waals surface area contributed by atoms with Gasteiger partial charge in [-0.05, 0) is 40.6 Å². The number of sulfonamides is 1. The molecule has 5 nitrogen and oxygen atoms in total. The van der Waals surface area contributed by atoms with Gasteiger partial charge in [0.15, 0.2) is 0 Å². The number of primary sulfonamides is 1. The molecule has 0 radical (unpaired) electrons. The van der Waals surface area contributed by atoms with E-state index in [0.717, 1.165) is 0 Å². The van der Waals surface area contributed by atoms with E-state index in [2.05, 4.69) is 10.5 Å². The van der Waals surface area contributed by atoms with Crippen molar-refractivity contribution < 1.29 is 8.42 Å². The summed E-state index contributed by atoms with van der Waals surface area (Å²) in [4.78, 5) is -0.0183. The lowest BCUT2D eigenvalue weighted by Crippen LogP contribution is -2.12. The third kappa shape index (κ3) is 4.38. The molecule has 0 heterocycles. The lowest BCUT2D eigenvalue weighted by molar-refractivity contribution is 0.598. The second-order valence-electron chi connectivity index (χ2n) is 3.94. The van der Waals surface area contributed by atoms with Crippen LogP contribution in [-0.2, 0) is 10.0 Å². The SMILES string of the molecule is CC(C)/C=N/Nc1c(Cl)cc(S(N)(=O)=O)cc1I. The van der Waals surface area contributed by atoms with Crippen molar-refractivity contribution in [3.63, 3.8) is 0 Å². The van der Waals surface area contributed by atoms with Gasteiger partial charge in [-0.3, -0.25) is 5.43 Å². The van der Waals surface area contributed by atoms with E-state index in [9.17, 15) is 8.42 Å². The summed E-state index contributed by atoms with van der Waals surface area (Å²) >= 11 is 7.96. The number of hydrogen-bond donors (Lipinski definition) is 2. The Labute approximate surface area is 125 Å². The second-order valence-corrected chi connectivity index (χ2v) is 7.07. The van der Waals surface area contributed by atoms with E-state index in [4.69, 9.17) is 16.7 Å². The van der Waals surface area contributed by atoms with E-state index < -0.39 is 10.0 Å². The Kier molecular flexibility index (Phi) is 5.38. The topological polar surface area (TPSA) is 84.5 Å². The molecule has 0 bridgehead atoms. The van der Waals surface area contributed by atoms with Crippen LogP contribution in [0.2, 0.25) is 5.02 Å². The quantitative estimate of drug-likeness (QED) is 0.462. The molecule has 1 aromatic rings. The minimum atomic E-state index is -3.75. The highest BCUT2D eigenvalue weighted by Crippen LogP contribution is 2.30. The third-order valence-corrected chi connectivity index (χ3v) is 3.93. The predicted octanol–water partition coefficient (Wildman–Crippen LogP) is 2.65. The first-order valence-corrected chi connectivity index (χ1v) is 8.03. The van der Waals surface area contributed by atoms with Crippen LogP contribution in [0, 0.1) is 9.49 Å². The van der Waals surface area contributed by atoms with Crippen LogP contribution >= 0.6 is 34.2 Å². The number of halogens is 2. The van der Waals surface area contributed by atoms with Crippen LogP contribution in [0.4, 0.5) is 5.69 Å². The number of nitrogens with two attached hydrogens (primary N) is 1. The van der Waals surface area contributed by atoms with E-state index in [1.807, 2.05) is 36.4 Å². The van der Waals surface area contributed by atoms with Gasteiger partial charge in [-0.1, -0.05) is 25.4 Å². The van der Waals surface area contributed by atoms with E-state index in [1.165, 1.54) is 12.1 Å². The summed E-state index contributed by atoms with van der Waals surface area (Å²) in [5.41, 5.74) is 3.34. The molecule has 100 valence electrons. The maximum atomic E-state index is 11.2. The molecule has 0 spiro atoms. The summed E-state index contributed by atoms with van der Waals surface area (Å²) in [6.45, 7) is 3.98. The zero-order valence-electron chi connectivity index (χ0n) is 9.81. The molecule has 0 amide bonds. The lowest BCUT2D eigenvalue weighted by Gasteiger charge is -2.08. The monoisotopic (exact) mass is 401 g/mol. The summed E-state index contributed by atoms with van der Waals surface area (Å²) in [6.07, 6.45) is 1.72. The number of hydrazone groups is 1. The van der Waals surface area contributed by atoms with Crippen molar-refractivity contribution in [2.45, 2.75) is 18.7 Å². The molecule has 0 aromatic heterocycles. The lowest BCUT2D eigenvalue weighted by atomic mass is 10.3. The molecular weight excluding hydrogens is 389 g/mol. The fourth-order valence-corrected chi connectivity index (χ4v) is 3.08. The van der Waals surface area contributed by atoms with Gasteiger partial charge in [0.1, 0.15) is 0 Å². The summed E-state index contributed by atoms with van der Waals surface area (Å²) in [5.74, 6) is 0.303. The number of nitrogens with one attached hydrogen (secondary N) is 1. The molecule has 0 aliphatic carbocycles. The van der Waals surface area contributed by atoms with Gasteiger partial charge in [0.2, 0.25) is 10.0 Å². The molecule has 0 saturated heterocycles. The largest absolute Gasteiger partial charge is 0.276 e. The van der Waals surface area contributed by atoms with Crippen molar-refractivity contribution in [3.8, 4) is 0 Å². The van der Waals surface area contributed by atoms with E-state index in [1.54, 1.807) is 6.21 Å². The number of hydrogen-bond acceptors (Lipinski definition) is 4. The average Bonchev–Trinajstić information content (AvgIpc) is 2.20. The minimum Gasteiger partial charge on any atom is -0.276 e. The maximum absolute atomic E-state index is 11.2. The van der Waals surface area contributed by atoms with Gasteiger partial charge in [0.25, 0.3) is 0 Å². The Balaban J connectivity index is 3.10. The fourth-order valence-electron chi connectivity index (χ4n) is 1.07. The molecule has 1 rings (SSSR count). The van der Waals surface area contributed by atoms with Crippen LogP contribution in [-0.4, -0.2) is 14.6 Å². The van der Waals surface area contributed by atoms with Crippen LogP contribution in [0.1, 0.15) is 13.8 Å². The van der Waals surface area contributed by atoms with Crippen LogP contribution in [0.15, 0.2) is 22.1 Å². The molecule has 18 heavy (non-hydrogen) atoms. The first-order valence-electron chi connectivity index (χ1n) is 5.03. The van der Waals surface area contributed by atoms with Gasteiger partial charge in [0.05, 0.1) is 15.6 Å². The fraction of sp³-hybridized carbons (Fsp3) is 0.300. The molecule has 0 aliphatic heterocycles. The molecule has 0 saturated carbocycles. The number of rotatable bonds is 4. The Morgan fingerprint density at radius 3 is 2.56 bits per heavy atom. The van der Waals surface area contributed by atoms with E-state index in [-0.39, 0.29) is 9.92 Å². The highest BCUT2D eigenvalue weighted by Gasteiger charge is 2.14. The van der Waals surface area contributed by atoms with Gasteiger partial charge < -0.3 is 0 Å². The number of anilines is 1. The first-order chi connectivity index (χ1) is 8.21. The normalized spacial score (nSPS) is 12.3. The Hall–Kier alpha value is -0.380. The predicted molar refractivity (Wildman–Crippen MR) is 82.5 cm³/mol. The van der Waals surface area contributed by atoms with Gasteiger partial charge in [-0.15, -0.1) is 0 Å². The molecule has 0 atom stereocenters. The molecular formula is C10H13ClIN3O2S. The maximum Gasteiger partial charge on any atom is 0.238 e. The molecule has 0 unspecified atom stereocenters. The van der Waals surface area contributed by atoms with Crippen molar-refractivity contribution in [1.29, 1.82) is 0 Å². The third-order valence-electron chi connectivity index (χ3n) is 1.89. The first kappa shape index (κ1) is 15.7. The highest BCUT2D eigenvalue weighted by atomic mass is 127. The Morgan fingerprint density at radius 2 is 2.11 bits per heavy atom. The average molecular weight is 402 g/mol. The highest BCUT2D eigenvalue weighted by molar-refractivity contribution is 14.1. The van der Waals surface area contributed by atoms with Crippen molar-refractivity contribution in [2.75, 3.05) is 5.43 Å².